The van der Waals surface area contributed by atoms with Crippen LogP contribution in [-0.2, 0) is 6.54 Å². The quantitative estimate of drug-likeness (QED) is 0.897. The summed E-state index contributed by atoms with van der Waals surface area (Å²) < 4.78 is 41.7. The summed E-state index contributed by atoms with van der Waals surface area (Å²) in [4.78, 5) is 10.9. The van der Waals surface area contributed by atoms with Gasteiger partial charge >= 0.3 is 6.18 Å². The highest BCUT2D eigenvalue weighted by atomic mass is 35.5. The normalized spacial score (nSPS) is 10.9. The first-order valence-corrected chi connectivity index (χ1v) is 4.90. The summed E-state index contributed by atoms with van der Waals surface area (Å²) >= 11 is 0. The molecule has 0 saturated heterocycles. The van der Waals surface area contributed by atoms with Crippen molar-refractivity contribution in [2.45, 2.75) is 26.1 Å². The van der Waals surface area contributed by atoms with E-state index in [-0.39, 0.29) is 23.9 Å². The van der Waals surface area contributed by atoms with E-state index in [1.54, 1.807) is 0 Å². The number of primary amides is 1. The fraction of sp³-hybridized carbons (Fsp3) is 0.556. The molecule has 9 heteroatoms. The monoisotopic (exact) mass is 287 g/mol. The Morgan fingerprint density at radius 2 is 2.17 bits per heavy atom. The number of hydrogen-bond donors (Lipinski definition) is 1. The molecule has 0 aliphatic rings. The molecule has 1 aromatic rings. The van der Waals surface area contributed by atoms with Gasteiger partial charge in [-0.05, 0) is 6.42 Å². The van der Waals surface area contributed by atoms with E-state index in [9.17, 15) is 18.0 Å². The van der Waals surface area contributed by atoms with Crippen LogP contribution < -0.4 is 10.5 Å². The lowest BCUT2D eigenvalue weighted by Crippen LogP contribution is -2.21. The molecule has 5 nitrogen and oxygen atoms in total. The van der Waals surface area contributed by atoms with Crippen molar-refractivity contribution in [2.24, 2.45) is 5.73 Å². The van der Waals surface area contributed by atoms with E-state index in [1.165, 1.54) is 10.9 Å². The van der Waals surface area contributed by atoms with Crippen LogP contribution in [0.3, 0.4) is 0 Å². The van der Waals surface area contributed by atoms with Gasteiger partial charge in [0.1, 0.15) is 0 Å². The number of rotatable bonds is 5. The molecule has 1 heterocycles. The van der Waals surface area contributed by atoms with Crippen LogP contribution in [0.5, 0.6) is 5.75 Å². The lowest BCUT2D eigenvalue weighted by molar-refractivity contribution is -0.153. The zero-order chi connectivity index (χ0) is 13.1. The second kappa shape index (κ2) is 6.48. The number of carbonyl (C=O) groups excluding carboxylic acids is 1. The smallest absolute Gasteiger partial charge is 0.422 e. The summed E-state index contributed by atoms with van der Waals surface area (Å²) in [5.74, 6) is -1.17. The van der Waals surface area contributed by atoms with Gasteiger partial charge in [0.15, 0.2) is 18.1 Å². The molecule has 0 fully saturated rings. The molecule has 0 aliphatic heterocycles. The molecule has 1 rings (SSSR count). The molecule has 104 valence electrons. The topological polar surface area (TPSA) is 70.1 Å². The van der Waals surface area contributed by atoms with Gasteiger partial charge in [0.25, 0.3) is 5.91 Å². The van der Waals surface area contributed by atoms with E-state index in [2.05, 4.69) is 9.84 Å². The van der Waals surface area contributed by atoms with E-state index in [0.29, 0.717) is 6.54 Å². The Hall–Kier alpha value is -1.44. The Morgan fingerprint density at radius 1 is 1.56 bits per heavy atom. The number of aryl methyl sites for hydroxylation is 1. The minimum Gasteiger partial charge on any atom is -0.480 e. The molecular formula is C9H13ClF3N3O2. The predicted octanol–water partition coefficient (Wildman–Crippen LogP) is 1.75. The molecule has 0 saturated carbocycles. The number of aromatic nitrogens is 2. The van der Waals surface area contributed by atoms with Crippen LogP contribution in [0.25, 0.3) is 0 Å². The van der Waals surface area contributed by atoms with E-state index in [4.69, 9.17) is 5.73 Å². The summed E-state index contributed by atoms with van der Waals surface area (Å²) in [6, 6.07) is 0. The molecule has 18 heavy (non-hydrogen) atoms. The third-order valence-corrected chi connectivity index (χ3v) is 1.81. The van der Waals surface area contributed by atoms with E-state index >= 15 is 0 Å². The molecular weight excluding hydrogens is 275 g/mol. The van der Waals surface area contributed by atoms with Crippen molar-refractivity contribution in [3.63, 3.8) is 0 Å². The standard InChI is InChI=1S/C9H12F3N3O2.ClH/c1-2-3-15-4-6(7(14-15)8(13)16)17-5-9(10,11)12;/h4H,2-3,5H2,1H3,(H2,13,16);1H. The first-order chi connectivity index (χ1) is 7.83. The number of halogens is 4. The van der Waals surface area contributed by atoms with Crippen LogP contribution in [-0.4, -0.2) is 28.5 Å². The summed E-state index contributed by atoms with van der Waals surface area (Å²) in [6.45, 7) is 0.850. The Labute approximate surface area is 107 Å². The third kappa shape index (κ3) is 4.82. The van der Waals surface area contributed by atoms with Crippen molar-refractivity contribution in [1.82, 2.24) is 9.78 Å². The van der Waals surface area contributed by atoms with Gasteiger partial charge < -0.3 is 10.5 Å². The Balaban J connectivity index is 0.00000289. The molecule has 1 amide bonds. The van der Waals surface area contributed by atoms with Crippen molar-refractivity contribution in [3.8, 4) is 5.75 Å². The maximum atomic E-state index is 12.0. The molecule has 0 atom stereocenters. The fourth-order valence-electron chi connectivity index (χ4n) is 1.18. The first-order valence-electron chi connectivity index (χ1n) is 4.90. The van der Waals surface area contributed by atoms with Crippen LogP contribution in [0.1, 0.15) is 23.8 Å². The largest absolute Gasteiger partial charge is 0.480 e. The number of amides is 1. The minimum absolute atomic E-state index is 0. The average Bonchev–Trinajstić information content (AvgIpc) is 2.58. The lowest BCUT2D eigenvalue weighted by atomic mass is 10.4. The summed E-state index contributed by atoms with van der Waals surface area (Å²) in [6.07, 6.45) is -2.52. The van der Waals surface area contributed by atoms with Gasteiger partial charge in [-0.1, -0.05) is 6.92 Å². The number of nitrogens with two attached hydrogens (primary N) is 1. The molecule has 0 unspecified atom stereocenters. The van der Waals surface area contributed by atoms with Crippen molar-refractivity contribution >= 4 is 18.3 Å². The van der Waals surface area contributed by atoms with Gasteiger partial charge in [-0.2, -0.15) is 18.3 Å². The molecule has 2 N–H and O–H groups in total. The van der Waals surface area contributed by atoms with Crippen LogP contribution in [0.4, 0.5) is 13.2 Å². The summed E-state index contributed by atoms with van der Waals surface area (Å²) in [5.41, 5.74) is 4.70. The maximum Gasteiger partial charge on any atom is 0.422 e. The molecule has 0 radical (unpaired) electrons. The van der Waals surface area contributed by atoms with Crippen LogP contribution >= 0.6 is 12.4 Å². The van der Waals surface area contributed by atoms with Crippen molar-refractivity contribution in [3.05, 3.63) is 11.9 Å². The minimum atomic E-state index is -4.47. The lowest BCUT2D eigenvalue weighted by Gasteiger charge is -2.07. The zero-order valence-electron chi connectivity index (χ0n) is 9.53. The summed E-state index contributed by atoms with van der Waals surface area (Å²) in [5, 5.41) is 3.75. The molecule has 0 aliphatic carbocycles. The van der Waals surface area contributed by atoms with Gasteiger partial charge in [0.05, 0.1) is 6.20 Å². The highest BCUT2D eigenvalue weighted by Crippen LogP contribution is 2.21. The number of carbonyl (C=O) groups is 1. The summed E-state index contributed by atoms with van der Waals surface area (Å²) in [7, 11) is 0. The van der Waals surface area contributed by atoms with Crippen molar-refractivity contribution < 1.29 is 22.7 Å². The Morgan fingerprint density at radius 3 is 2.61 bits per heavy atom. The van der Waals surface area contributed by atoms with Gasteiger partial charge in [-0.25, -0.2) is 0 Å². The SMILES string of the molecule is CCCn1cc(OCC(F)(F)F)c(C(N)=O)n1.Cl. The maximum absolute atomic E-state index is 12.0. The molecule has 0 bridgehead atoms. The fourth-order valence-corrected chi connectivity index (χ4v) is 1.18. The van der Waals surface area contributed by atoms with E-state index in [1.807, 2.05) is 6.92 Å². The van der Waals surface area contributed by atoms with Crippen LogP contribution in [0, 0.1) is 0 Å². The molecule has 0 spiro atoms. The van der Waals surface area contributed by atoms with Gasteiger partial charge in [-0.3, -0.25) is 9.48 Å². The Bertz CT molecular complexity index is 406. The molecule has 0 aromatic carbocycles. The number of alkyl halides is 3. The van der Waals surface area contributed by atoms with Gasteiger partial charge in [0.2, 0.25) is 0 Å². The van der Waals surface area contributed by atoms with E-state index < -0.39 is 18.7 Å². The second-order valence-corrected chi connectivity index (χ2v) is 3.37. The van der Waals surface area contributed by atoms with Crippen LogP contribution in [0.15, 0.2) is 6.20 Å². The first kappa shape index (κ1) is 16.6. The zero-order valence-corrected chi connectivity index (χ0v) is 10.3. The highest BCUT2D eigenvalue weighted by molar-refractivity contribution is 5.93. The number of ether oxygens (including phenoxy) is 1. The van der Waals surface area contributed by atoms with Gasteiger partial charge in [0, 0.05) is 6.54 Å². The third-order valence-electron chi connectivity index (χ3n) is 1.81. The molecule has 1 aromatic heterocycles. The van der Waals surface area contributed by atoms with Crippen molar-refractivity contribution in [1.29, 1.82) is 0 Å². The van der Waals surface area contributed by atoms with E-state index in [0.717, 1.165) is 6.42 Å². The number of nitrogens with zero attached hydrogens (tertiary/aromatic N) is 2. The van der Waals surface area contributed by atoms with Crippen molar-refractivity contribution in [2.75, 3.05) is 6.61 Å². The second-order valence-electron chi connectivity index (χ2n) is 3.37. The van der Waals surface area contributed by atoms with Crippen LogP contribution in [0.2, 0.25) is 0 Å². The average molecular weight is 288 g/mol. The Kier molecular flexibility index (Phi) is 5.96. The predicted molar refractivity (Wildman–Crippen MR) is 59.8 cm³/mol. The highest BCUT2D eigenvalue weighted by Gasteiger charge is 2.29. The van der Waals surface area contributed by atoms with Gasteiger partial charge in [-0.15, -0.1) is 12.4 Å². The number of hydrogen-bond acceptors (Lipinski definition) is 3.